The fourth-order valence-corrected chi connectivity index (χ4v) is 6.15. The van der Waals surface area contributed by atoms with Crippen LogP contribution in [0.1, 0.15) is 43.9 Å². The van der Waals surface area contributed by atoms with Crippen molar-refractivity contribution in [3.05, 3.63) is 45.4 Å². The van der Waals surface area contributed by atoms with Gasteiger partial charge in [0, 0.05) is 17.9 Å². The second-order valence-corrected chi connectivity index (χ2v) is 9.62. The number of benzene rings is 1. The molecular formula is C18H21N3O3S3. The Hall–Kier alpha value is -1.71. The highest BCUT2D eigenvalue weighted by Gasteiger charge is 2.18. The van der Waals surface area contributed by atoms with Crippen molar-refractivity contribution in [3.63, 3.8) is 0 Å². The van der Waals surface area contributed by atoms with E-state index in [9.17, 15) is 9.59 Å². The van der Waals surface area contributed by atoms with Gasteiger partial charge in [0.25, 0.3) is 5.91 Å². The van der Waals surface area contributed by atoms with Crippen molar-refractivity contribution >= 4 is 46.7 Å². The quantitative estimate of drug-likeness (QED) is 0.690. The normalized spacial score (nSPS) is 14.1. The minimum Gasteiger partial charge on any atom is -0.486 e. The molecule has 0 atom stereocenters. The summed E-state index contributed by atoms with van der Waals surface area (Å²) in [6.07, 6.45) is 0.304. The molecular weight excluding hydrogens is 402 g/mol. The summed E-state index contributed by atoms with van der Waals surface area (Å²) in [5, 5.41) is 0.713. The predicted octanol–water partition coefficient (Wildman–Crippen LogP) is 3.68. The van der Waals surface area contributed by atoms with Crippen molar-refractivity contribution in [3.8, 4) is 5.75 Å². The maximum atomic E-state index is 12.1. The average molecular weight is 424 g/mol. The maximum Gasteiger partial charge on any atom is 0.281 e. The lowest BCUT2D eigenvalue weighted by Crippen LogP contribution is -2.41. The molecule has 1 aliphatic heterocycles. The second-order valence-electron chi connectivity index (χ2n) is 5.81. The lowest BCUT2D eigenvalue weighted by molar-refractivity contribution is -0.121. The average Bonchev–Trinajstić information content (AvgIpc) is 3.34. The summed E-state index contributed by atoms with van der Waals surface area (Å²) in [6.45, 7) is 3.78. The number of hydrogen-bond donors (Lipinski definition) is 2. The smallest absolute Gasteiger partial charge is 0.281 e. The highest BCUT2D eigenvalue weighted by molar-refractivity contribution is 8.19. The van der Waals surface area contributed by atoms with E-state index in [0.29, 0.717) is 33.2 Å². The van der Waals surface area contributed by atoms with Crippen LogP contribution in [0.5, 0.6) is 5.75 Å². The summed E-state index contributed by atoms with van der Waals surface area (Å²) in [5.41, 5.74) is 6.69. The zero-order valence-electron chi connectivity index (χ0n) is 15.1. The molecule has 1 aromatic heterocycles. The van der Waals surface area contributed by atoms with Crippen molar-refractivity contribution in [2.24, 2.45) is 0 Å². The van der Waals surface area contributed by atoms with Crippen molar-refractivity contribution in [1.82, 2.24) is 15.8 Å². The number of rotatable bonds is 6. The molecule has 9 heteroatoms. The van der Waals surface area contributed by atoms with E-state index in [0.717, 1.165) is 5.75 Å². The second kappa shape index (κ2) is 9.48. The van der Waals surface area contributed by atoms with Crippen molar-refractivity contribution < 1.29 is 14.3 Å². The van der Waals surface area contributed by atoms with Gasteiger partial charge in [-0.3, -0.25) is 20.4 Å². The molecule has 144 valence electrons. The van der Waals surface area contributed by atoms with Gasteiger partial charge in [0.05, 0.1) is 10.3 Å². The molecule has 0 aliphatic carbocycles. The van der Waals surface area contributed by atoms with Gasteiger partial charge >= 0.3 is 0 Å². The van der Waals surface area contributed by atoms with Gasteiger partial charge in [0.2, 0.25) is 5.91 Å². The van der Waals surface area contributed by atoms with Gasteiger partial charge < -0.3 is 4.74 Å². The van der Waals surface area contributed by atoms with Crippen LogP contribution in [0.2, 0.25) is 0 Å². The number of ether oxygens (including phenoxy) is 1. The monoisotopic (exact) mass is 423 g/mol. The molecule has 0 spiro atoms. The Morgan fingerprint density at radius 3 is 2.56 bits per heavy atom. The Labute approximate surface area is 170 Å². The van der Waals surface area contributed by atoms with Crippen LogP contribution in [-0.4, -0.2) is 28.3 Å². The van der Waals surface area contributed by atoms with Gasteiger partial charge in [0.15, 0.2) is 0 Å². The molecule has 0 radical (unpaired) electrons. The van der Waals surface area contributed by atoms with Crippen LogP contribution in [0.4, 0.5) is 0 Å². The lowest BCUT2D eigenvalue weighted by Gasteiger charge is -2.09. The van der Waals surface area contributed by atoms with Gasteiger partial charge in [-0.05, 0) is 24.6 Å². The number of amides is 2. The third kappa shape index (κ3) is 5.40. The minimum absolute atomic E-state index is 0.244. The summed E-state index contributed by atoms with van der Waals surface area (Å²) in [4.78, 5) is 28.2. The Kier molecular flexibility index (Phi) is 7.03. The van der Waals surface area contributed by atoms with Crippen LogP contribution in [-0.2, 0) is 11.4 Å². The first-order chi connectivity index (χ1) is 13.1. The maximum absolute atomic E-state index is 12.1. The van der Waals surface area contributed by atoms with Crippen LogP contribution in [0, 0.1) is 6.92 Å². The van der Waals surface area contributed by atoms with Crippen molar-refractivity contribution in [2.75, 3.05) is 11.5 Å². The first-order valence-corrected chi connectivity index (χ1v) is 11.5. The zero-order valence-corrected chi connectivity index (χ0v) is 17.6. The number of aryl methyl sites for hydroxylation is 1. The molecule has 1 aliphatic rings. The highest BCUT2D eigenvalue weighted by atomic mass is 32.2. The van der Waals surface area contributed by atoms with E-state index in [2.05, 4.69) is 28.0 Å². The van der Waals surface area contributed by atoms with E-state index in [-0.39, 0.29) is 11.8 Å². The molecule has 0 unspecified atom stereocenters. The van der Waals surface area contributed by atoms with Crippen LogP contribution in [0.25, 0.3) is 0 Å². The molecule has 2 amide bonds. The molecule has 2 aromatic rings. The van der Waals surface area contributed by atoms with Crippen LogP contribution in [0.3, 0.4) is 0 Å². The molecule has 27 heavy (non-hydrogen) atoms. The summed E-state index contributed by atoms with van der Waals surface area (Å²) in [7, 11) is 0. The highest BCUT2D eigenvalue weighted by Crippen LogP contribution is 2.45. The Bertz CT molecular complexity index is 802. The van der Waals surface area contributed by atoms with Gasteiger partial charge in [-0.2, -0.15) is 0 Å². The van der Waals surface area contributed by atoms with Crippen LogP contribution >= 0.6 is 34.9 Å². The summed E-state index contributed by atoms with van der Waals surface area (Å²) >= 11 is 5.21. The van der Waals surface area contributed by atoms with Gasteiger partial charge in [0.1, 0.15) is 22.2 Å². The standard InChI is InChI=1S/C18H21N3O3S3/c1-3-14(22)20-21-17(23)16-11(2)19-15(27-16)10-24-13-6-4-12(5-7-13)18-25-8-9-26-18/h4-7,18H,3,8-10H2,1-2H3,(H,20,22)(H,21,23). The molecule has 1 saturated heterocycles. The van der Waals surface area contributed by atoms with E-state index >= 15 is 0 Å². The third-order valence-electron chi connectivity index (χ3n) is 3.82. The van der Waals surface area contributed by atoms with E-state index < -0.39 is 0 Å². The molecule has 2 N–H and O–H groups in total. The minimum atomic E-state index is -0.367. The zero-order chi connectivity index (χ0) is 19.2. The number of nitrogens with zero attached hydrogens (tertiary/aromatic N) is 1. The number of aromatic nitrogens is 1. The number of carbonyl (C=O) groups excluding carboxylic acids is 2. The number of carbonyl (C=O) groups is 2. The summed E-state index contributed by atoms with van der Waals surface area (Å²) in [5.74, 6) is 2.58. The first kappa shape index (κ1) is 20.0. The molecule has 2 heterocycles. The number of thiazole rings is 1. The predicted molar refractivity (Wildman–Crippen MR) is 111 cm³/mol. The first-order valence-electron chi connectivity index (χ1n) is 8.58. The Morgan fingerprint density at radius 1 is 1.19 bits per heavy atom. The molecule has 6 nitrogen and oxygen atoms in total. The number of thioether (sulfide) groups is 2. The Morgan fingerprint density at radius 2 is 1.89 bits per heavy atom. The van der Waals surface area contributed by atoms with Gasteiger partial charge in [-0.1, -0.05) is 19.1 Å². The fraction of sp³-hybridized carbons (Fsp3) is 0.389. The summed E-state index contributed by atoms with van der Waals surface area (Å²) < 4.78 is 6.33. The van der Waals surface area contributed by atoms with E-state index in [1.54, 1.807) is 13.8 Å². The third-order valence-corrected chi connectivity index (χ3v) is 8.05. The number of hydrogen-bond acceptors (Lipinski definition) is 7. The van der Waals surface area contributed by atoms with E-state index in [4.69, 9.17) is 4.74 Å². The largest absolute Gasteiger partial charge is 0.486 e. The van der Waals surface area contributed by atoms with Crippen LogP contribution < -0.4 is 15.6 Å². The SMILES string of the molecule is CCC(=O)NNC(=O)c1sc(COc2ccc(C3SCCS3)cc2)nc1C. The molecule has 0 bridgehead atoms. The molecule has 1 aromatic carbocycles. The van der Waals surface area contributed by atoms with Gasteiger partial charge in [-0.25, -0.2) is 4.98 Å². The number of hydrazine groups is 1. The topological polar surface area (TPSA) is 80.3 Å². The lowest BCUT2D eigenvalue weighted by atomic mass is 10.2. The molecule has 0 saturated carbocycles. The number of nitrogens with one attached hydrogen (secondary N) is 2. The fourth-order valence-electron chi connectivity index (χ4n) is 2.41. The molecule has 1 fully saturated rings. The molecule has 3 rings (SSSR count). The summed E-state index contributed by atoms with van der Waals surface area (Å²) in [6, 6.07) is 8.16. The van der Waals surface area contributed by atoms with Crippen LogP contribution in [0.15, 0.2) is 24.3 Å². The van der Waals surface area contributed by atoms with Gasteiger partial charge in [-0.15, -0.1) is 34.9 Å². The Balaban J connectivity index is 1.55. The van der Waals surface area contributed by atoms with Crippen molar-refractivity contribution in [1.29, 1.82) is 0 Å². The van der Waals surface area contributed by atoms with Crippen molar-refractivity contribution in [2.45, 2.75) is 31.5 Å². The van der Waals surface area contributed by atoms with E-state index in [1.165, 1.54) is 28.4 Å². The van der Waals surface area contributed by atoms with E-state index in [1.807, 2.05) is 35.7 Å².